The van der Waals surface area contributed by atoms with Crippen molar-refractivity contribution in [2.24, 2.45) is 0 Å². The molecule has 0 amide bonds. The summed E-state index contributed by atoms with van der Waals surface area (Å²) in [5, 5.41) is 0.209. The molecule has 16 heavy (non-hydrogen) atoms. The summed E-state index contributed by atoms with van der Waals surface area (Å²) >= 11 is 3.41. The lowest BCUT2D eigenvalue weighted by molar-refractivity contribution is 0.492. The average Bonchev–Trinajstić information content (AvgIpc) is 2.09. The monoisotopic (exact) mass is 301 g/mol. The van der Waals surface area contributed by atoms with Crippen molar-refractivity contribution >= 4 is 29.9 Å². The molecule has 0 spiro atoms. The molecule has 1 aromatic rings. The second-order valence-corrected chi connectivity index (χ2v) is 11.1. The Hall–Kier alpha value is -0.483. The largest absolute Gasteiger partial charge is 0.543 e. The van der Waals surface area contributed by atoms with Gasteiger partial charge in [0, 0.05) is 10.2 Å². The van der Waals surface area contributed by atoms with Gasteiger partial charge < -0.3 is 10.2 Å². The molecule has 0 aromatic heterocycles. The fourth-order valence-corrected chi connectivity index (χ4v) is 2.40. The Labute approximate surface area is 107 Å². The van der Waals surface area contributed by atoms with Crippen LogP contribution in [0.15, 0.2) is 22.7 Å². The topological polar surface area (TPSA) is 35.2 Å². The fraction of sp³-hybridized carbons (Fsp3) is 0.500. The van der Waals surface area contributed by atoms with Crippen LogP contribution >= 0.6 is 15.9 Å². The summed E-state index contributed by atoms with van der Waals surface area (Å²) in [7, 11) is -1.75. The van der Waals surface area contributed by atoms with Crippen molar-refractivity contribution in [3.63, 3.8) is 0 Å². The highest BCUT2D eigenvalue weighted by molar-refractivity contribution is 9.10. The van der Waals surface area contributed by atoms with Gasteiger partial charge in [-0.05, 0) is 52.3 Å². The molecule has 0 aliphatic rings. The quantitative estimate of drug-likeness (QED) is 0.648. The zero-order valence-corrected chi connectivity index (χ0v) is 13.2. The van der Waals surface area contributed by atoms with Crippen LogP contribution in [0.3, 0.4) is 0 Å². The van der Waals surface area contributed by atoms with Gasteiger partial charge in [0.2, 0.25) is 8.32 Å². The molecule has 1 aromatic carbocycles. The van der Waals surface area contributed by atoms with Gasteiger partial charge in [-0.2, -0.15) is 0 Å². The summed E-state index contributed by atoms with van der Waals surface area (Å²) in [5.41, 5.74) is 6.49. The third-order valence-electron chi connectivity index (χ3n) is 3.15. The molecule has 90 valence electrons. The van der Waals surface area contributed by atoms with Crippen molar-refractivity contribution < 1.29 is 4.43 Å². The Morgan fingerprint density at radius 1 is 1.25 bits per heavy atom. The number of benzene rings is 1. The second-order valence-electron chi connectivity index (χ2n) is 5.55. The van der Waals surface area contributed by atoms with E-state index < -0.39 is 8.32 Å². The average molecular weight is 302 g/mol. The summed E-state index contributed by atoms with van der Waals surface area (Å²) < 4.78 is 7.05. The number of hydrogen-bond acceptors (Lipinski definition) is 2. The number of nitrogen functional groups attached to an aromatic ring is 1. The zero-order chi connectivity index (χ0) is 12.6. The lowest BCUT2D eigenvalue weighted by Gasteiger charge is -2.36. The third-order valence-corrected chi connectivity index (χ3v) is 8.20. The first kappa shape index (κ1) is 13.6. The van der Waals surface area contributed by atoms with E-state index >= 15 is 0 Å². The Morgan fingerprint density at radius 3 is 2.25 bits per heavy atom. The van der Waals surface area contributed by atoms with E-state index in [0.717, 1.165) is 15.9 Å². The van der Waals surface area contributed by atoms with Gasteiger partial charge in [0.25, 0.3) is 0 Å². The molecule has 0 fully saturated rings. The minimum absolute atomic E-state index is 0.209. The molecule has 0 atom stereocenters. The molecule has 0 unspecified atom stereocenters. The molecule has 0 aliphatic carbocycles. The summed E-state index contributed by atoms with van der Waals surface area (Å²) in [6.45, 7) is 11.2. The van der Waals surface area contributed by atoms with Crippen LogP contribution in [0.4, 0.5) is 5.69 Å². The van der Waals surface area contributed by atoms with E-state index in [0.29, 0.717) is 0 Å². The van der Waals surface area contributed by atoms with Gasteiger partial charge in [0.15, 0.2) is 0 Å². The molecule has 0 saturated heterocycles. The van der Waals surface area contributed by atoms with Crippen LogP contribution in [0.1, 0.15) is 20.8 Å². The van der Waals surface area contributed by atoms with Gasteiger partial charge in [-0.15, -0.1) is 0 Å². The first-order valence-electron chi connectivity index (χ1n) is 5.37. The third kappa shape index (κ3) is 3.01. The van der Waals surface area contributed by atoms with Crippen LogP contribution in [0.5, 0.6) is 5.75 Å². The van der Waals surface area contributed by atoms with E-state index in [4.69, 9.17) is 10.2 Å². The Balaban J connectivity index is 2.93. The highest BCUT2D eigenvalue weighted by Crippen LogP contribution is 2.38. The van der Waals surface area contributed by atoms with Crippen molar-refractivity contribution in [1.82, 2.24) is 0 Å². The summed E-state index contributed by atoms with van der Waals surface area (Å²) in [6.07, 6.45) is 0. The zero-order valence-electron chi connectivity index (χ0n) is 10.6. The SMILES string of the molecule is CC(C)(C)[Si](C)(C)Oc1ccc(N)c(Br)c1. The highest BCUT2D eigenvalue weighted by Gasteiger charge is 2.38. The molecular formula is C12H20BrNOSi. The predicted octanol–water partition coefficient (Wildman–Crippen LogP) is 4.42. The van der Waals surface area contributed by atoms with Gasteiger partial charge in [0.05, 0.1) is 0 Å². The van der Waals surface area contributed by atoms with Crippen LogP contribution in [-0.2, 0) is 0 Å². The summed E-state index contributed by atoms with van der Waals surface area (Å²) in [5.74, 6) is 0.896. The van der Waals surface area contributed by atoms with E-state index in [9.17, 15) is 0 Å². The number of anilines is 1. The molecular weight excluding hydrogens is 282 g/mol. The maximum atomic E-state index is 6.16. The van der Waals surface area contributed by atoms with Gasteiger partial charge >= 0.3 is 0 Å². The van der Waals surface area contributed by atoms with Crippen molar-refractivity contribution in [3.05, 3.63) is 22.7 Å². The van der Waals surface area contributed by atoms with Crippen LogP contribution in [0, 0.1) is 0 Å². The Morgan fingerprint density at radius 2 is 1.81 bits per heavy atom. The molecule has 0 saturated carbocycles. The van der Waals surface area contributed by atoms with Crippen LogP contribution in [-0.4, -0.2) is 8.32 Å². The molecule has 0 heterocycles. The number of nitrogens with two attached hydrogens (primary N) is 1. The molecule has 2 nitrogen and oxygen atoms in total. The van der Waals surface area contributed by atoms with Crippen molar-refractivity contribution in [2.75, 3.05) is 5.73 Å². The lowest BCUT2D eigenvalue weighted by atomic mass is 10.2. The van der Waals surface area contributed by atoms with Gasteiger partial charge in [-0.3, -0.25) is 0 Å². The van der Waals surface area contributed by atoms with Crippen molar-refractivity contribution in [1.29, 1.82) is 0 Å². The minimum atomic E-state index is -1.75. The molecule has 0 aliphatic heterocycles. The normalized spacial score (nSPS) is 12.6. The fourth-order valence-electron chi connectivity index (χ4n) is 1.02. The lowest BCUT2D eigenvalue weighted by Crippen LogP contribution is -2.43. The highest BCUT2D eigenvalue weighted by atomic mass is 79.9. The van der Waals surface area contributed by atoms with Crippen molar-refractivity contribution in [2.45, 2.75) is 38.9 Å². The van der Waals surface area contributed by atoms with Crippen LogP contribution < -0.4 is 10.2 Å². The molecule has 1 rings (SSSR count). The molecule has 2 N–H and O–H groups in total. The van der Waals surface area contributed by atoms with E-state index in [1.807, 2.05) is 18.2 Å². The first-order valence-corrected chi connectivity index (χ1v) is 9.08. The summed E-state index contributed by atoms with van der Waals surface area (Å²) in [6, 6.07) is 5.74. The van der Waals surface area contributed by atoms with Crippen LogP contribution in [0.2, 0.25) is 18.1 Å². The second kappa shape index (κ2) is 4.41. The molecule has 4 heteroatoms. The maximum Gasteiger partial charge on any atom is 0.250 e. The smallest absolute Gasteiger partial charge is 0.250 e. The van der Waals surface area contributed by atoms with Crippen molar-refractivity contribution in [3.8, 4) is 5.75 Å². The van der Waals surface area contributed by atoms with E-state index in [1.54, 1.807) is 0 Å². The number of halogens is 1. The van der Waals surface area contributed by atoms with Gasteiger partial charge in [0.1, 0.15) is 5.75 Å². The van der Waals surface area contributed by atoms with Gasteiger partial charge in [-0.25, -0.2) is 0 Å². The molecule has 0 bridgehead atoms. The number of rotatable bonds is 2. The van der Waals surface area contributed by atoms with Gasteiger partial charge in [-0.1, -0.05) is 20.8 Å². The van der Waals surface area contributed by atoms with E-state index in [2.05, 4.69) is 49.8 Å². The van der Waals surface area contributed by atoms with E-state index in [-0.39, 0.29) is 5.04 Å². The Bertz CT molecular complexity index is 385. The van der Waals surface area contributed by atoms with E-state index in [1.165, 1.54) is 0 Å². The Kier molecular flexibility index (Phi) is 3.75. The summed E-state index contributed by atoms with van der Waals surface area (Å²) in [4.78, 5) is 0. The predicted molar refractivity (Wildman–Crippen MR) is 76.4 cm³/mol. The minimum Gasteiger partial charge on any atom is -0.543 e. The maximum absolute atomic E-state index is 6.16. The standard InChI is InChI=1S/C12H20BrNOSi/c1-12(2,3)16(4,5)15-9-6-7-11(14)10(13)8-9/h6-8H,14H2,1-5H3. The van der Waals surface area contributed by atoms with Crippen LogP contribution in [0.25, 0.3) is 0 Å². The number of hydrogen-bond donors (Lipinski definition) is 1. The first-order chi connectivity index (χ1) is 7.13. The molecule has 0 radical (unpaired) electrons.